The number of anilines is 1. The van der Waals surface area contributed by atoms with Crippen molar-refractivity contribution in [3.05, 3.63) is 65.1 Å². The average molecular weight is 448 g/mol. The van der Waals surface area contributed by atoms with Gasteiger partial charge in [-0.2, -0.15) is 9.40 Å². The summed E-state index contributed by atoms with van der Waals surface area (Å²) in [5, 5.41) is 7.06. The minimum absolute atomic E-state index is 0.0495. The number of sulfonamides is 1. The number of nitrogens with zero attached hydrogens (tertiary/aromatic N) is 4. The van der Waals surface area contributed by atoms with Gasteiger partial charge in [-0.05, 0) is 37.3 Å². The van der Waals surface area contributed by atoms with Gasteiger partial charge in [0.15, 0.2) is 5.82 Å². The van der Waals surface area contributed by atoms with E-state index < -0.39 is 15.9 Å². The second-order valence-corrected chi connectivity index (χ2v) is 8.75. The van der Waals surface area contributed by atoms with Crippen LogP contribution >= 0.6 is 11.6 Å². The number of aromatic nitrogens is 3. The van der Waals surface area contributed by atoms with Crippen LogP contribution in [-0.4, -0.2) is 46.5 Å². The first-order valence-corrected chi connectivity index (χ1v) is 11.2. The average Bonchev–Trinajstić information content (AvgIpc) is 3.12. The third-order valence-corrected chi connectivity index (χ3v) is 7.16. The van der Waals surface area contributed by atoms with Gasteiger partial charge in [-0.25, -0.2) is 18.1 Å². The van der Waals surface area contributed by atoms with Crippen molar-refractivity contribution in [3.63, 3.8) is 0 Å². The molecule has 0 atom stereocenters. The molecule has 1 aromatic carbocycles. The van der Waals surface area contributed by atoms with Crippen LogP contribution in [0.15, 0.2) is 53.7 Å². The van der Waals surface area contributed by atoms with Crippen molar-refractivity contribution in [2.24, 2.45) is 0 Å². The van der Waals surface area contributed by atoms with Gasteiger partial charge >= 0.3 is 0 Å². The number of carbonyl (C=O) groups excluding carboxylic acids is 1. The third kappa shape index (κ3) is 4.23. The summed E-state index contributed by atoms with van der Waals surface area (Å²) in [6.07, 6.45) is 3.09. The molecule has 0 unspecified atom stereocenters. The first-order valence-electron chi connectivity index (χ1n) is 9.36. The Bertz CT molecular complexity index is 1160. The van der Waals surface area contributed by atoms with Crippen molar-refractivity contribution in [1.29, 1.82) is 0 Å². The summed E-state index contributed by atoms with van der Waals surface area (Å²) in [5.74, 6) is 0.177. The monoisotopic (exact) mass is 447 g/mol. The summed E-state index contributed by atoms with van der Waals surface area (Å²) >= 11 is 6.15. The van der Waals surface area contributed by atoms with Crippen molar-refractivity contribution in [1.82, 2.24) is 19.1 Å². The zero-order valence-electron chi connectivity index (χ0n) is 16.8. The Morgan fingerprint density at radius 1 is 1.20 bits per heavy atom. The maximum absolute atomic E-state index is 12.8. The number of nitrogens with one attached hydrogen (secondary N) is 1. The molecule has 3 rings (SSSR count). The maximum Gasteiger partial charge on any atom is 0.259 e. The normalized spacial score (nSPS) is 11.6. The zero-order chi connectivity index (χ0) is 21.9. The van der Waals surface area contributed by atoms with Crippen LogP contribution in [0, 0.1) is 6.92 Å². The minimum Gasteiger partial charge on any atom is -0.322 e. The standard InChI is InChI=1S/C20H22ClN5O3S/c1-4-25(5-2)30(28,29)18-12-15(9-10-17(18)21)24-20(27)16-13-23-26(14(16)3)19-8-6-7-11-22-19/h6-13H,4-5H2,1-3H3,(H,24,27). The molecule has 0 aliphatic rings. The van der Waals surface area contributed by atoms with Crippen molar-refractivity contribution in [2.45, 2.75) is 25.7 Å². The highest BCUT2D eigenvalue weighted by molar-refractivity contribution is 7.89. The Labute approximate surface area is 180 Å². The molecule has 0 saturated carbocycles. The second-order valence-electron chi connectivity index (χ2n) is 6.43. The predicted molar refractivity (Wildman–Crippen MR) is 116 cm³/mol. The van der Waals surface area contributed by atoms with Gasteiger partial charge in [-0.15, -0.1) is 0 Å². The van der Waals surface area contributed by atoms with E-state index in [-0.39, 0.29) is 9.92 Å². The number of carbonyl (C=O) groups is 1. The molecule has 158 valence electrons. The summed E-state index contributed by atoms with van der Waals surface area (Å²) in [5.41, 5.74) is 1.28. The lowest BCUT2D eigenvalue weighted by molar-refractivity contribution is 0.102. The molecule has 3 aromatic rings. The summed E-state index contributed by atoms with van der Waals surface area (Å²) < 4.78 is 28.6. The Morgan fingerprint density at radius 3 is 2.57 bits per heavy atom. The molecule has 8 nitrogen and oxygen atoms in total. The van der Waals surface area contributed by atoms with Gasteiger partial charge in [0, 0.05) is 25.0 Å². The molecule has 1 amide bonds. The van der Waals surface area contributed by atoms with Crippen molar-refractivity contribution in [2.75, 3.05) is 18.4 Å². The van der Waals surface area contributed by atoms with Crippen LogP contribution in [0.25, 0.3) is 5.82 Å². The molecule has 10 heteroatoms. The Balaban J connectivity index is 1.89. The van der Waals surface area contributed by atoms with E-state index in [2.05, 4.69) is 15.4 Å². The highest BCUT2D eigenvalue weighted by Gasteiger charge is 2.25. The van der Waals surface area contributed by atoms with Crippen LogP contribution in [0.4, 0.5) is 5.69 Å². The molecular weight excluding hydrogens is 426 g/mol. The summed E-state index contributed by atoms with van der Waals surface area (Å²) in [4.78, 5) is 17.0. The number of benzene rings is 1. The molecule has 0 bridgehead atoms. The molecule has 0 aliphatic carbocycles. The lowest BCUT2D eigenvalue weighted by Gasteiger charge is -2.19. The van der Waals surface area contributed by atoms with Crippen LogP contribution in [0.2, 0.25) is 5.02 Å². The van der Waals surface area contributed by atoms with Crippen LogP contribution in [-0.2, 0) is 10.0 Å². The SMILES string of the molecule is CCN(CC)S(=O)(=O)c1cc(NC(=O)c2cnn(-c3ccccn3)c2C)ccc1Cl. The highest BCUT2D eigenvalue weighted by Crippen LogP contribution is 2.28. The Hall–Kier alpha value is -2.75. The van der Waals surface area contributed by atoms with Crippen molar-refractivity contribution >= 4 is 33.2 Å². The van der Waals surface area contributed by atoms with E-state index >= 15 is 0 Å². The molecule has 0 fully saturated rings. The lowest BCUT2D eigenvalue weighted by Crippen LogP contribution is -2.30. The number of halogens is 1. The first-order chi connectivity index (χ1) is 14.3. The van der Waals surface area contributed by atoms with E-state index in [1.807, 2.05) is 6.07 Å². The van der Waals surface area contributed by atoms with Gasteiger partial charge in [0.05, 0.1) is 22.5 Å². The number of rotatable bonds is 7. The fourth-order valence-corrected chi connectivity index (χ4v) is 4.98. The quantitative estimate of drug-likeness (QED) is 0.597. The van der Waals surface area contributed by atoms with Crippen LogP contribution in [0.1, 0.15) is 29.9 Å². The summed E-state index contributed by atoms with van der Waals surface area (Å²) in [7, 11) is -3.77. The molecule has 2 heterocycles. The molecule has 0 saturated heterocycles. The second kappa shape index (κ2) is 8.95. The van der Waals surface area contributed by atoms with Gasteiger partial charge < -0.3 is 5.32 Å². The topological polar surface area (TPSA) is 97.2 Å². The van der Waals surface area contributed by atoms with Gasteiger partial charge in [0.2, 0.25) is 10.0 Å². The highest BCUT2D eigenvalue weighted by atomic mass is 35.5. The lowest BCUT2D eigenvalue weighted by atomic mass is 10.2. The molecule has 0 aliphatic heterocycles. The van der Waals surface area contributed by atoms with Crippen molar-refractivity contribution in [3.8, 4) is 5.82 Å². The minimum atomic E-state index is -3.77. The third-order valence-electron chi connectivity index (χ3n) is 4.63. The van der Waals surface area contributed by atoms with Gasteiger partial charge in [-0.1, -0.05) is 31.5 Å². The molecule has 0 radical (unpaired) electrons. The Morgan fingerprint density at radius 2 is 1.93 bits per heavy atom. The van der Waals surface area contributed by atoms with Crippen molar-refractivity contribution < 1.29 is 13.2 Å². The fraction of sp³-hybridized carbons (Fsp3) is 0.250. The molecule has 2 aromatic heterocycles. The van der Waals surface area contributed by atoms with E-state index in [1.165, 1.54) is 22.6 Å². The molecular formula is C20H22ClN5O3S. The van der Waals surface area contributed by atoms with E-state index in [1.54, 1.807) is 49.8 Å². The number of hydrogen-bond acceptors (Lipinski definition) is 5. The van der Waals surface area contributed by atoms with E-state index in [0.29, 0.717) is 35.9 Å². The van der Waals surface area contributed by atoms with Gasteiger partial charge in [0.1, 0.15) is 4.90 Å². The fourth-order valence-electron chi connectivity index (χ4n) is 3.02. The molecule has 0 spiro atoms. The van der Waals surface area contributed by atoms with E-state index in [0.717, 1.165) is 0 Å². The van der Waals surface area contributed by atoms with E-state index in [4.69, 9.17) is 11.6 Å². The Kier molecular flexibility index (Phi) is 6.55. The number of amides is 1. The van der Waals surface area contributed by atoms with E-state index in [9.17, 15) is 13.2 Å². The first kappa shape index (κ1) is 21.9. The van der Waals surface area contributed by atoms with Crippen LogP contribution in [0.5, 0.6) is 0 Å². The maximum atomic E-state index is 12.8. The number of hydrogen-bond donors (Lipinski definition) is 1. The summed E-state index contributed by atoms with van der Waals surface area (Å²) in [6, 6.07) is 9.78. The smallest absolute Gasteiger partial charge is 0.259 e. The zero-order valence-corrected chi connectivity index (χ0v) is 18.4. The van der Waals surface area contributed by atoms with Crippen LogP contribution < -0.4 is 5.32 Å². The predicted octanol–water partition coefficient (Wildman–Crippen LogP) is 3.51. The largest absolute Gasteiger partial charge is 0.322 e. The molecule has 1 N–H and O–H groups in total. The van der Waals surface area contributed by atoms with Gasteiger partial charge in [-0.3, -0.25) is 4.79 Å². The molecule has 30 heavy (non-hydrogen) atoms. The van der Waals surface area contributed by atoms with Crippen LogP contribution in [0.3, 0.4) is 0 Å². The number of pyridine rings is 1. The van der Waals surface area contributed by atoms with Gasteiger partial charge in [0.25, 0.3) is 5.91 Å². The summed E-state index contributed by atoms with van der Waals surface area (Å²) in [6.45, 7) is 5.90.